The van der Waals surface area contributed by atoms with E-state index in [0.29, 0.717) is 32.1 Å². The zero-order valence-electron chi connectivity index (χ0n) is 21.1. The zero-order chi connectivity index (χ0) is 25.8. The number of benzene rings is 2. The van der Waals surface area contributed by atoms with Crippen molar-refractivity contribution < 1.29 is 9.90 Å². The molecule has 36 heavy (non-hydrogen) atoms. The number of aromatic nitrogens is 2. The van der Waals surface area contributed by atoms with Crippen LogP contribution in [-0.2, 0) is 4.79 Å². The lowest BCUT2D eigenvalue weighted by Crippen LogP contribution is -2.39. The van der Waals surface area contributed by atoms with Crippen molar-refractivity contribution in [2.75, 3.05) is 35.3 Å². The maximum absolute atomic E-state index is 11.8. The third-order valence-electron chi connectivity index (χ3n) is 5.63. The molecule has 0 aliphatic rings. The average molecular weight is 492 g/mol. The van der Waals surface area contributed by atoms with Crippen LogP contribution in [0.5, 0.6) is 0 Å². The van der Waals surface area contributed by atoms with Crippen LogP contribution in [-0.4, -0.2) is 47.0 Å². The van der Waals surface area contributed by atoms with E-state index in [0.717, 1.165) is 47.6 Å². The predicted molar refractivity (Wildman–Crippen MR) is 146 cm³/mol. The highest BCUT2D eigenvalue weighted by molar-refractivity contribution is 5.90. The monoisotopic (exact) mass is 491 g/mol. The summed E-state index contributed by atoms with van der Waals surface area (Å²) in [6.07, 6.45) is 4.22. The largest absolute Gasteiger partial charge is 0.379 e. The fraction of sp³-hybridized carbons (Fsp3) is 0.370. The number of rotatable bonds is 14. The van der Waals surface area contributed by atoms with Gasteiger partial charge in [0.1, 0.15) is 6.23 Å². The van der Waals surface area contributed by atoms with Crippen LogP contribution in [0, 0.1) is 0 Å². The lowest BCUT2D eigenvalue weighted by Gasteiger charge is -2.24. The van der Waals surface area contributed by atoms with Crippen molar-refractivity contribution in [2.45, 2.75) is 45.8 Å². The number of anilines is 4. The molecule has 192 valence electrons. The van der Waals surface area contributed by atoms with Crippen molar-refractivity contribution in [1.82, 2.24) is 15.3 Å². The van der Waals surface area contributed by atoms with Crippen molar-refractivity contribution in [3.63, 3.8) is 0 Å². The third kappa shape index (κ3) is 8.30. The summed E-state index contributed by atoms with van der Waals surface area (Å²) in [4.78, 5) is 22.8. The van der Waals surface area contributed by atoms with Crippen molar-refractivity contribution in [3.8, 4) is 11.3 Å². The van der Waals surface area contributed by atoms with Gasteiger partial charge in [-0.05, 0) is 55.3 Å². The summed E-state index contributed by atoms with van der Waals surface area (Å²) < 4.78 is 0. The molecule has 0 bridgehead atoms. The number of nitrogens with two attached hydrogens (primary N) is 1. The van der Waals surface area contributed by atoms with Gasteiger partial charge in [0.15, 0.2) is 0 Å². The summed E-state index contributed by atoms with van der Waals surface area (Å²) in [6, 6.07) is 17.4. The fourth-order valence-corrected chi connectivity index (χ4v) is 3.71. The van der Waals surface area contributed by atoms with Gasteiger partial charge in [-0.1, -0.05) is 32.4 Å². The summed E-state index contributed by atoms with van der Waals surface area (Å²) in [5.74, 6) is 0.507. The molecule has 1 heterocycles. The van der Waals surface area contributed by atoms with Gasteiger partial charge in [-0.3, -0.25) is 10.1 Å². The standard InChI is InChI=1S/C27H37N7O2/c1-3-5-25(35)29-17-18-34(19-28)23-13-11-22(12-14-23)32-27-30-16-15-24(33-27)20-7-9-21(10-8-20)31-26(36)6-4-2/h7-16,25,29,35H,3-6,17-19,28H2,1-2H3,(H,31,36)(H,30,32,33). The minimum atomic E-state index is -0.485. The molecule has 6 N–H and O–H groups in total. The van der Waals surface area contributed by atoms with Crippen molar-refractivity contribution in [3.05, 3.63) is 60.8 Å². The van der Waals surface area contributed by atoms with Crippen molar-refractivity contribution in [1.29, 1.82) is 0 Å². The molecule has 0 aliphatic heterocycles. The van der Waals surface area contributed by atoms with Crippen LogP contribution in [0.1, 0.15) is 39.5 Å². The molecule has 3 aromatic rings. The van der Waals surface area contributed by atoms with Crippen LogP contribution in [0.15, 0.2) is 60.8 Å². The van der Waals surface area contributed by atoms with E-state index in [2.05, 4.69) is 25.9 Å². The molecule has 0 spiro atoms. The number of nitrogens with zero attached hydrogens (tertiary/aromatic N) is 3. The highest BCUT2D eigenvalue weighted by atomic mass is 16.3. The van der Waals surface area contributed by atoms with Gasteiger partial charge < -0.3 is 26.4 Å². The molecule has 0 fully saturated rings. The number of hydrogen-bond acceptors (Lipinski definition) is 8. The smallest absolute Gasteiger partial charge is 0.227 e. The van der Waals surface area contributed by atoms with E-state index in [-0.39, 0.29) is 5.91 Å². The summed E-state index contributed by atoms with van der Waals surface area (Å²) in [6.45, 7) is 5.74. The molecule has 0 saturated heterocycles. The molecule has 1 unspecified atom stereocenters. The maximum atomic E-state index is 11.8. The Morgan fingerprint density at radius 3 is 2.42 bits per heavy atom. The SMILES string of the molecule is CCCC(=O)Nc1ccc(-c2ccnc(Nc3ccc(N(CN)CCNC(O)CCC)cc3)n2)cc1. The highest BCUT2D eigenvalue weighted by Gasteiger charge is 2.08. The first-order chi connectivity index (χ1) is 17.5. The van der Waals surface area contributed by atoms with Crippen molar-refractivity contribution >= 4 is 28.9 Å². The maximum Gasteiger partial charge on any atom is 0.227 e. The molecule has 0 aliphatic carbocycles. The van der Waals surface area contributed by atoms with Crippen LogP contribution in [0.4, 0.5) is 23.0 Å². The molecule has 3 rings (SSSR count). The molecule has 0 radical (unpaired) electrons. The second-order valence-corrected chi connectivity index (χ2v) is 8.52. The minimum Gasteiger partial charge on any atom is -0.379 e. The molecule has 1 amide bonds. The number of carbonyl (C=O) groups excluding carboxylic acids is 1. The van der Waals surface area contributed by atoms with Crippen molar-refractivity contribution in [2.24, 2.45) is 5.73 Å². The number of hydrogen-bond donors (Lipinski definition) is 5. The van der Waals surface area contributed by atoms with Gasteiger partial charge >= 0.3 is 0 Å². The average Bonchev–Trinajstić information content (AvgIpc) is 2.88. The summed E-state index contributed by atoms with van der Waals surface area (Å²) in [7, 11) is 0. The van der Waals surface area contributed by atoms with Crippen LogP contribution in [0.2, 0.25) is 0 Å². The highest BCUT2D eigenvalue weighted by Crippen LogP contribution is 2.23. The molecule has 9 nitrogen and oxygen atoms in total. The Morgan fingerprint density at radius 2 is 1.75 bits per heavy atom. The van der Waals surface area contributed by atoms with Gasteiger partial charge in [-0.2, -0.15) is 0 Å². The molecule has 2 aromatic carbocycles. The van der Waals surface area contributed by atoms with Crippen LogP contribution in [0.3, 0.4) is 0 Å². The number of aliphatic hydroxyl groups excluding tert-OH is 1. The lowest BCUT2D eigenvalue weighted by molar-refractivity contribution is -0.116. The van der Waals surface area contributed by atoms with E-state index < -0.39 is 6.23 Å². The van der Waals surface area contributed by atoms with Gasteiger partial charge in [0, 0.05) is 48.3 Å². The zero-order valence-corrected chi connectivity index (χ0v) is 21.1. The summed E-state index contributed by atoms with van der Waals surface area (Å²) >= 11 is 0. The van der Waals surface area contributed by atoms with Crippen LogP contribution >= 0.6 is 0 Å². The Kier molecular flexibility index (Phi) is 10.6. The summed E-state index contributed by atoms with van der Waals surface area (Å²) in [5.41, 5.74) is 10.3. The van der Waals surface area contributed by atoms with Crippen LogP contribution < -0.4 is 26.6 Å². The van der Waals surface area contributed by atoms with E-state index >= 15 is 0 Å². The topological polar surface area (TPSA) is 128 Å². The minimum absolute atomic E-state index is 0.0156. The van der Waals surface area contributed by atoms with Gasteiger partial charge in [0.2, 0.25) is 11.9 Å². The number of carbonyl (C=O) groups is 1. The number of aliphatic hydroxyl groups is 1. The quantitative estimate of drug-likeness (QED) is 0.214. The second-order valence-electron chi connectivity index (χ2n) is 8.52. The van der Waals surface area contributed by atoms with Gasteiger partial charge in [0.05, 0.1) is 12.4 Å². The van der Waals surface area contributed by atoms with E-state index in [1.165, 1.54) is 0 Å². The fourth-order valence-electron chi connectivity index (χ4n) is 3.71. The third-order valence-corrected chi connectivity index (χ3v) is 5.63. The Balaban J connectivity index is 1.59. The first-order valence-electron chi connectivity index (χ1n) is 12.5. The van der Waals surface area contributed by atoms with E-state index in [9.17, 15) is 9.90 Å². The number of amides is 1. The number of nitrogens with one attached hydrogen (secondary N) is 3. The molecular formula is C27H37N7O2. The first-order valence-corrected chi connectivity index (χ1v) is 12.5. The van der Waals surface area contributed by atoms with E-state index in [4.69, 9.17) is 5.73 Å². The molecule has 0 saturated carbocycles. The van der Waals surface area contributed by atoms with Crippen LogP contribution in [0.25, 0.3) is 11.3 Å². The predicted octanol–water partition coefficient (Wildman–Crippen LogP) is 4.06. The van der Waals surface area contributed by atoms with Gasteiger partial charge in [-0.15, -0.1) is 0 Å². The molecule has 9 heteroatoms. The Bertz CT molecular complexity index is 1070. The Labute approximate surface area is 213 Å². The first kappa shape index (κ1) is 27.1. The van der Waals surface area contributed by atoms with Gasteiger partial charge in [0.25, 0.3) is 0 Å². The van der Waals surface area contributed by atoms with Gasteiger partial charge in [-0.25, -0.2) is 9.97 Å². The Hall–Kier alpha value is -3.53. The molecule has 1 atom stereocenters. The normalized spacial score (nSPS) is 11.7. The molecule has 1 aromatic heterocycles. The second kappa shape index (κ2) is 14.1. The van der Waals surface area contributed by atoms with E-state index in [1.54, 1.807) is 6.20 Å². The summed E-state index contributed by atoms with van der Waals surface area (Å²) in [5, 5.41) is 19.1. The lowest BCUT2D eigenvalue weighted by atomic mass is 10.1. The van der Waals surface area contributed by atoms with E-state index in [1.807, 2.05) is 73.3 Å². The Morgan fingerprint density at radius 1 is 1.03 bits per heavy atom. The molecular weight excluding hydrogens is 454 g/mol.